The average molecular weight is 338 g/mol. The molecule has 1 aromatic rings. The molecule has 0 amide bonds. The van der Waals surface area contributed by atoms with Crippen molar-refractivity contribution in [3.8, 4) is 5.75 Å². The van der Waals surface area contributed by atoms with Crippen LogP contribution in [0.5, 0.6) is 5.75 Å². The summed E-state index contributed by atoms with van der Waals surface area (Å²) in [6, 6.07) is 5.00. The van der Waals surface area contributed by atoms with E-state index in [0.717, 1.165) is 23.9 Å². The van der Waals surface area contributed by atoms with E-state index in [1.807, 2.05) is 0 Å². The molecule has 0 unspecified atom stereocenters. The van der Waals surface area contributed by atoms with Gasteiger partial charge in [0.2, 0.25) is 0 Å². The van der Waals surface area contributed by atoms with Crippen LogP contribution in [-0.4, -0.2) is 23.8 Å². The van der Waals surface area contributed by atoms with Gasteiger partial charge in [-0.25, -0.2) is 0 Å². The van der Waals surface area contributed by atoms with Gasteiger partial charge < -0.3 is 4.74 Å². The van der Waals surface area contributed by atoms with E-state index in [2.05, 4.69) is 32.5 Å². The fourth-order valence-electron chi connectivity index (χ4n) is 2.34. The van der Waals surface area contributed by atoms with Gasteiger partial charge in [-0.15, -0.1) is 13.2 Å². The first-order valence-corrected chi connectivity index (χ1v) is 6.93. The minimum Gasteiger partial charge on any atom is -0.405 e. The van der Waals surface area contributed by atoms with E-state index in [-0.39, 0.29) is 5.75 Å². The fraction of sp³-hybridized carbons (Fsp3) is 0.538. The number of likely N-dealkylation sites (tertiary alicyclic amines) is 1. The van der Waals surface area contributed by atoms with Crippen molar-refractivity contribution in [2.45, 2.75) is 38.7 Å². The quantitative estimate of drug-likeness (QED) is 0.813. The first-order chi connectivity index (χ1) is 8.85. The maximum atomic E-state index is 12.4. The van der Waals surface area contributed by atoms with E-state index in [9.17, 15) is 13.2 Å². The molecular formula is C13H15BrF3NO. The molecule has 1 aromatic carbocycles. The van der Waals surface area contributed by atoms with E-state index in [1.165, 1.54) is 6.07 Å². The number of nitrogens with zero attached hydrogens (tertiary/aromatic N) is 1. The van der Waals surface area contributed by atoms with Crippen LogP contribution in [-0.2, 0) is 6.54 Å². The molecule has 0 spiro atoms. The lowest BCUT2D eigenvalue weighted by atomic mass is 10.1. The highest BCUT2D eigenvalue weighted by Gasteiger charge is 2.32. The third kappa shape index (κ3) is 4.11. The van der Waals surface area contributed by atoms with Crippen molar-refractivity contribution in [3.05, 3.63) is 28.2 Å². The van der Waals surface area contributed by atoms with Crippen LogP contribution in [0.3, 0.4) is 0 Å². The first kappa shape index (κ1) is 14.7. The van der Waals surface area contributed by atoms with Crippen LogP contribution in [0, 0.1) is 0 Å². The van der Waals surface area contributed by atoms with Gasteiger partial charge in [0.1, 0.15) is 5.75 Å². The van der Waals surface area contributed by atoms with Crippen LogP contribution < -0.4 is 4.74 Å². The zero-order valence-electron chi connectivity index (χ0n) is 10.5. The topological polar surface area (TPSA) is 12.5 Å². The fourth-order valence-corrected chi connectivity index (χ4v) is 2.75. The monoisotopic (exact) mass is 337 g/mol. The second kappa shape index (κ2) is 5.71. The minimum absolute atomic E-state index is 0.116. The average Bonchev–Trinajstić information content (AvgIpc) is 2.67. The zero-order valence-corrected chi connectivity index (χ0v) is 12.1. The first-order valence-electron chi connectivity index (χ1n) is 6.13. The van der Waals surface area contributed by atoms with Crippen molar-refractivity contribution in [3.63, 3.8) is 0 Å². The zero-order chi connectivity index (χ0) is 14.0. The van der Waals surface area contributed by atoms with E-state index < -0.39 is 6.36 Å². The molecule has 0 radical (unpaired) electrons. The molecular weight excluding hydrogens is 323 g/mol. The molecule has 0 aromatic heterocycles. The molecule has 0 saturated carbocycles. The van der Waals surface area contributed by atoms with E-state index in [1.54, 1.807) is 12.1 Å². The van der Waals surface area contributed by atoms with Crippen LogP contribution in [0.2, 0.25) is 0 Å². The molecule has 0 bridgehead atoms. The van der Waals surface area contributed by atoms with E-state index in [0.29, 0.717) is 18.2 Å². The van der Waals surface area contributed by atoms with Crippen LogP contribution >= 0.6 is 15.9 Å². The number of rotatable bonds is 3. The van der Waals surface area contributed by atoms with E-state index >= 15 is 0 Å². The molecule has 1 heterocycles. The van der Waals surface area contributed by atoms with E-state index in [4.69, 9.17) is 0 Å². The molecule has 1 aliphatic rings. The number of halogens is 4. The maximum absolute atomic E-state index is 12.4. The molecule has 1 aliphatic heterocycles. The predicted octanol–water partition coefficient (Wildman–Crippen LogP) is 4.33. The molecule has 1 atom stereocenters. The van der Waals surface area contributed by atoms with Crippen molar-refractivity contribution in [1.29, 1.82) is 0 Å². The van der Waals surface area contributed by atoms with Crippen molar-refractivity contribution >= 4 is 15.9 Å². The number of hydrogen-bond donors (Lipinski definition) is 0. The Kier molecular flexibility index (Phi) is 4.40. The van der Waals surface area contributed by atoms with Crippen molar-refractivity contribution in [1.82, 2.24) is 4.90 Å². The third-order valence-electron chi connectivity index (χ3n) is 3.31. The molecule has 1 saturated heterocycles. The summed E-state index contributed by atoms with van der Waals surface area (Å²) in [6.45, 7) is 3.49. The number of benzene rings is 1. The van der Waals surface area contributed by atoms with Crippen LogP contribution in [0.25, 0.3) is 0 Å². The molecule has 1 fully saturated rings. The van der Waals surface area contributed by atoms with Gasteiger partial charge in [0.15, 0.2) is 0 Å². The number of hydrogen-bond acceptors (Lipinski definition) is 2. The normalized spacial score (nSPS) is 20.8. The molecule has 106 valence electrons. The van der Waals surface area contributed by atoms with Gasteiger partial charge in [-0.05, 0) is 44.5 Å². The van der Waals surface area contributed by atoms with Crippen molar-refractivity contribution in [2.75, 3.05) is 6.54 Å². The molecule has 0 N–H and O–H groups in total. The Hall–Kier alpha value is -0.750. The SMILES string of the molecule is C[C@@H]1CCCN1Cc1cc(Br)ccc1OC(F)(F)F. The third-order valence-corrected chi connectivity index (χ3v) is 3.81. The molecule has 2 rings (SSSR count). The summed E-state index contributed by atoms with van der Waals surface area (Å²) >= 11 is 3.29. The predicted molar refractivity (Wildman–Crippen MR) is 69.9 cm³/mol. The Morgan fingerprint density at radius 3 is 2.74 bits per heavy atom. The number of ether oxygens (including phenoxy) is 1. The van der Waals surface area contributed by atoms with Crippen molar-refractivity contribution in [2.24, 2.45) is 0 Å². The Balaban J connectivity index is 2.19. The largest absolute Gasteiger partial charge is 0.573 e. The standard InChI is InChI=1S/C13H15BrF3NO/c1-9-3-2-6-18(9)8-10-7-11(14)4-5-12(10)19-13(15,16)17/h4-5,7,9H,2-3,6,8H2,1H3/t9-/m1/s1. The Morgan fingerprint density at radius 2 is 2.16 bits per heavy atom. The minimum atomic E-state index is -4.65. The maximum Gasteiger partial charge on any atom is 0.573 e. The molecule has 2 nitrogen and oxygen atoms in total. The molecule has 6 heteroatoms. The summed E-state index contributed by atoms with van der Waals surface area (Å²) < 4.78 is 41.9. The smallest absolute Gasteiger partial charge is 0.405 e. The highest BCUT2D eigenvalue weighted by molar-refractivity contribution is 9.10. The molecule has 19 heavy (non-hydrogen) atoms. The lowest BCUT2D eigenvalue weighted by Crippen LogP contribution is -2.27. The summed E-state index contributed by atoms with van der Waals surface area (Å²) in [5.74, 6) is -0.116. The van der Waals surface area contributed by atoms with Crippen molar-refractivity contribution < 1.29 is 17.9 Å². The number of alkyl halides is 3. The van der Waals surface area contributed by atoms with Gasteiger partial charge in [0.05, 0.1) is 0 Å². The van der Waals surface area contributed by atoms with Gasteiger partial charge >= 0.3 is 6.36 Å². The summed E-state index contributed by atoms with van der Waals surface area (Å²) in [6.07, 6.45) is -2.48. The van der Waals surface area contributed by atoms with Gasteiger partial charge in [0.25, 0.3) is 0 Å². The van der Waals surface area contributed by atoms with Gasteiger partial charge in [-0.2, -0.15) is 0 Å². The van der Waals surface area contributed by atoms with Crippen LogP contribution in [0.15, 0.2) is 22.7 Å². The summed E-state index contributed by atoms with van der Waals surface area (Å²) in [7, 11) is 0. The van der Waals surface area contributed by atoms with Gasteiger partial charge in [-0.1, -0.05) is 15.9 Å². The summed E-state index contributed by atoms with van der Waals surface area (Å²) in [5.41, 5.74) is 0.556. The second-order valence-corrected chi connectivity index (χ2v) is 5.68. The summed E-state index contributed by atoms with van der Waals surface area (Å²) in [4.78, 5) is 2.17. The van der Waals surface area contributed by atoms with Gasteiger partial charge in [-0.3, -0.25) is 4.90 Å². The van der Waals surface area contributed by atoms with Gasteiger partial charge in [0, 0.05) is 22.6 Å². The Labute approximate surface area is 118 Å². The lowest BCUT2D eigenvalue weighted by molar-refractivity contribution is -0.275. The highest BCUT2D eigenvalue weighted by Crippen LogP contribution is 2.31. The van der Waals surface area contributed by atoms with Crippen LogP contribution in [0.1, 0.15) is 25.3 Å². The van der Waals surface area contributed by atoms with Crippen LogP contribution in [0.4, 0.5) is 13.2 Å². The second-order valence-electron chi connectivity index (χ2n) is 4.76. The highest BCUT2D eigenvalue weighted by atomic mass is 79.9. The Bertz CT molecular complexity index is 450. The Morgan fingerprint density at radius 1 is 1.42 bits per heavy atom. The lowest BCUT2D eigenvalue weighted by Gasteiger charge is -2.23. The summed E-state index contributed by atoms with van der Waals surface area (Å²) in [5, 5.41) is 0. The molecule has 0 aliphatic carbocycles.